The van der Waals surface area contributed by atoms with Gasteiger partial charge in [-0.1, -0.05) is 6.07 Å². The third-order valence-corrected chi connectivity index (χ3v) is 4.77. The summed E-state index contributed by atoms with van der Waals surface area (Å²) < 4.78 is 38.9. The number of hydrogen-bond donors (Lipinski definition) is 1. The van der Waals surface area contributed by atoms with Gasteiger partial charge in [0.05, 0.1) is 6.10 Å². The first-order chi connectivity index (χ1) is 7.96. The van der Waals surface area contributed by atoms with E-state index in [4.69, 9.17) is 0 Å². The molecule has 1 aliphatic rings. The van der Waals surface area contributed by atoms with Crippen molar-refractivity contribution in [3.05, 3.63) is 35.1 Å². The van der Waals surface area contributed by atoms with Crippen molar-refractivity contribution in [1.82, 2.24) is 0 Å². The first kappa shape index (κ1) is 12.8. The number of thioether (sulfide) groups is 1. The Labute approximate surface area is 102 Å². The fourth-order valence-corrected chi connectivity index (χ4v) is 3.43. The molecule has 1 aromatic rings. The minimum atomic E-state index is -1.52. The maximum absolute atomic E-state index is 13.6. The largest absolute Gasteiger partial charge is 0.387 e. The Balaban J connectivity index is 2.37. The van der Waals surface area contributed by atoms with E-state index in [9.17, 15) is 18.3 Å². The van der Waals surface area contributed by atoms with Gasteiger partial charge in [0.15, 0.2) is 17.5 Å². The minimum absolute atomic E-state index is 0.166. The zero-order valence-corrected chi connectivity index (χ0v) is 10.2. The SMILES string of the molecule is CC1(C(O)c2ccc(F)c(F)c2F)CCCS1. The van der Waals surface area contributed by atoms with Gasteiger partial charge in [-0.3, -0.25) is 0 Å². The lowest BCUT2D eigenvalue weighted by molar-refractivity contribution is 0.129. The molecule has 0 saturated carbocycles. The van der Waals surface area contributed by atoms with Gasteiger partial charge in [0.2, 0.25) is 0 Å². The van der Waals surface area contributed by atoms with E-state index in [1.54, 1.807) is 0 Å². The number of halogens is 3. The van der Waals surface area contributed by atoms with Gasteiger partial charge in [0, 0.05) is 10.3 Å². The molecule has 1 N–H and O–H groups in total. The second kappa shape index (κ2) is 4.53. The Kier molecular flexibility index (Phi) is 3.41. The normalized spacial score (nSPS) is 26.2. The molecule has 1 aliphatic heterocycles. The molecule has 5 heteroatoms. The highest BCUT2D eigenvalue weighted by Crippen LogP contribution is 2.47. The van der Waals surface area contributed by atoms with E-state index >= 15 is 0 Å². The summed E-state index contributed by atoms with van der Waals surface area (Å²) in [5.41, 5.74) is -0.166. The maximum Gasteiger partial charge on any atom is 0.194 e. The Hall–Kier alpha value is -0.680. The second-order valence-corrected chi connectivity index (χ2v) is 6.06. The van der Waals surface area contributed by atoms with Crippen LogP contribution in [0.2, 0.25) is 0 Å². The predicted octanol–water partition coefficient (Wildman–Crippen LogP) is 3.42. The van der Waals surface area contributed by atoms with Crippen molar-refractivity contribution in [3.63, 3.8) is 0 Å². The van der Waals surface area contributed by atoms with Crippen molar-refractivity contribution in [3.8, 4) is 0 Å². The van der Waals surface area contributed by atoms with Gasteiger partial charge in [-0.2, -0.15) is 11.8 Å². The smallest absolute Gasteiger partial charge is 0.194 e. The molecule has 94 valence electrons. The second-order valence-electron chi connectivity index (χ2n) is 4.43. The van der Waals surface area contributed by atoms with Crippen LogP contribution in [0.15, 0.2) is 12.1 Å². The Bertz CT molecular complexity index is 430. The van der Waals surface area contributed by atoms with Crippen LogP contribution in [0.5, 0.6) is 0 Å². The summed E-state index contributed by atoms with van der Waals surface area (Å²) in [5.74, 6) is -3.15. The average Bonchev–Trinajstić information content (AvgIpc) is 2.74. The zero-order valence-electron chi connectivity index (χ0n) is 9.34. The topological polar surface area (TPSA) is 20.2 Å². The summed E-state index contributed by atoms with van der Waals surface area (Å²) in [4.78, 5) is 0. The van der Waals surface area contributed by atoms with Crippen molar-refractivity contribution >= 4 is 11.8 Å². The lowest BCUT2D eigenvalue weighted by Crippen LogP contribution is -2.27. The number of rotatable bonds is 2. The van der Waals surface area contributed by atoms with Crippen molar-refractivity contribution in [2.24, 2.45) is 0 Å². The Morgan fingerprint density at radius 1 is 1.29 bits per heavy atom. The zero-order chi connectivity index (χ0) is 12.6. The molecular weight excluding hydrogens is 249 g/mol. The fraction of sp³-hybridized carbons (Fsp3) is 0.500. The molecule has 1 saturated heterocycles. The van der Waals surface area contributed by atoms with E-state index in [1.165, 1.54) is 11.8 Å². The van der Waals surface area contributed by atoms with E-state index in [0.29, 0.717) is 0 Å². The lowest BCUT2D eigenvalue weighted by Gasteiger charge is -2.29. The van der Waals surface area contributed by atoms with Crippen LogP contribution in [0.1, 0.15) is 31.4 Å². The Morgan fingerprint density at radius 2 is 2.00 bits per heavy atom. The molecule has 0 radical (unpaired) electrons. The van der Waals surface area contributed by atoms with Crippen molar-refractivity contribution in [1.29, 1.82) is 0 Å². The molecule has 0 bridgehead atoms. The van der Waals surface area contributed by atoms with Crippen LogP contribution in [-0.4, -0.2) is 15.6 Å². The van der Waals surface area contributed by atoms with Crippen LogP contribution in [0, 0.1) is 17.5 Å². The third kappa shape index (κ3) is 2.18. The Morgan fingerprint density at radius 3 is 2.59 bits per heavy atom. The van der Waals surface area contributed by atoms with Gasteiger partial charge in [-0.05, 0) is 31.6 Å². The summed E-state index contributed by atoms with van der Waals surface area (Å²) >= 11 is 1.53. The summed E-state index contributed by atoms with van der Waals surface area (Å²) in [6.07, 6.45) is 0.547. The first-order valence-corrected chi connectivity index (χ1v) is 6.40. The van der Waals surface area contributed by atoms with Gasteiger partial charge in [0.25, 0.3) is 0 Å². The van der Waals surface area contributed by atoms with Crippen LogP contribution < -0.4 is 0 Å². The molecular formula is C12H13F3OS. The van der Waals surface area contributed by atoms with Crippen molar-refractivity contribution in [2.45, 2.75) is 30.6 Å². The van der Waals surface area contributed by atoms with Gasteiger partial charge < -0.3 is 5.11 Å². The van der Waals surface area contributed by atoms with Gasteiger partial charge in [-0.25, -0.2) is 13.2 Å². The monoisotopic (exact) mass is 262 g/mol. The van der Waals surface area contributed by atoms with Crippen LogP contribution in [0.3, 0.4) is 0 Å². The minimum Gasteiger partial charge on any atom is -0.387 e. The maximum atomic E-state index is 13.6. The summed E-state index contributed by atoms with van der Waals surface area (Å²) in [5, 5.41) is 10.1. The quantitative estimate of drug-likeness (QED) is 0.824. The molecule has 2 unspecified atom stereocenters. The number of hydrogen-bond acceptors (Lipinski definition) is 2. The highest BCUT2D eigenvalue weighted by Gasteiger charge is 2.39. The summed E-state index contributed by atoms with van der Waals surface area (Å²) in [7, 11) is 0. The number of aliphatic hydroxyl groups excluding tert-OH is 1. The predicted molar refractivity (Wildman–Crippen MR) is 61.4 cm³/mol. The van der Waals surface area contributed by atoms with E-state index in [1.807, 2.05) is 6.92 Å². The van der Waals surface area contributed by atoms with Crippen LogP contribution in [0.4, 0.5) is 13.2 Å². The molecule has 0 aromatic heterocycles. The molecule has 1 aromatic carbocycles. The van der Waals surface area contributed by atoms with Gasteiger partial charge >= 0.3 is 0 Å². The molecule has 1 heterocycles. The standard InChI is InChI=1S/C12H13F3OS/c1-12(5-2-6-17-12)11(16)7-3-4-8(13)10(15)9(7)14/h3-4,11,16H,2,5-6H2,1H3. The molecule has 0 spiro atoms. The van der Waals surface area contributed by atoms with Gasteiger partial charge in [-0.15, -0.1) is 0 Å². The highest BCUT2D eigenvalue weighted by molar-refractivity contribution is 8.00. The van der Waals surface area contributed by atoms with E-state index < -0.39 is 28.3 Å². The van der Waals surface area contributed by atoms with Gasteiger partial charge in [0.1, 0.15) is 0 Å². The third-order valence-electron chi connectivity index (χ3n) is 3.19. The van der Waals surface area contributed by atoms with E-state index in [2.05, 4.69) is 0 Å². The summed E-state index contributed by atoms with van der Waals surface area (Å²) in [6.45, 7) is 1.82. The molecule has 0 amide bonds. The summed E-state index contributed by atoms with van der Waals surface area (Å²) in [6, 6.07) is 1.96. The highest BCUT2D eigenvalue weighted by atomic mass is 32.2. The number of aliphatic hydroxyl groups is 1. The van der Waals surface area contributed by atoms with Crippen LogP contribution in [-0.2, 0) is 0 Å². The molecule has 1 nitrogen and oxygen atoms in total. The molecule has 0 aliphatic carbocycles. The molecule has 17 heavy (non-hydrogen) atoms. The van der Waals surface area contributed by atoms with E-state index in [-0.39, 0.29) is 5.56 Å². The fourth-order valence-electron chi connectivity index (χ4n) is 2.10. The van der Waals surface area contributed by atoms with Crippen LogP contribution in [0.25, 0.3) is 0 Å². The molecule has 2 atom stereocenters. The average molecular weight is 262 g/mol. The molecule has 2 rings (SSSR count). The lowest BCUT2D eigenvalue weighted by atomic mass is 9.92. The van der Waals surface area contributed by atoms with Crippen molar-refractivity contribution < 1.29 is 18.3 Å². The number of benzene rings is 1. The van der Waals surface area contributed by atoms with Crippen LogP contribution >= 0.6 is 11.8 Å². The molecule has 1 fully saturated rings. The first-order valence-electron chi connectivity index (χ1n) is 5.41. The van der Waals surface area contributed by atoms with E-state index in [0.717, 1.165) is 30.7 Å². The van der Waals surface area contributed by atoms with Crippen molar-refractivity contribution in [2.75, 3.05) is 5.75 Å².